The van der Waals surface area contributed by atoms with Crippen LogP contribution in [0.5, 0.6) is 5.75 Å². The summed E-state index contributed by atoms with van der Waals surface area (Å²) in [5, 5.41) is 0. The maximum atomic E-state index is 13.3. The van der Waals surface area contributed by atoms with E-state index in [1.165, 1.54) is 11.0 Å². The lowest BCUT2D eigenvalue weighted by molar-refractivity contribution is -0.337. The lowest BCUT2D eigenvalue weighted by atomic mass is 9.33. The van der Waals surface area contributed by atoms with E-state index in [0.29, 0.717) is 29.6 Å². The van der Waals surface area contributed by atoms with Crippen molar-refractivity contribution in [3.05, 3.63) is 52.1 Å². The van der Waals surface area contributed by atoms with Crippen molar-refractivity contribution in [1.82, 2.24) is 19.4 Å². The molecule has 4 fully saturated rings. The first-order chi connectivity index (χ1) is 18.2. The largest absolute Gasteiger partial charge is 0.573 e. The van der Waals surface area contributed by atoms with Gasteiger partial charge in [-0.25, -0.2) is 9.78 Å². The number of carbonyl (C=O) groups is 1. The Balaban J connectivity index is 1.17. The number of piperidine rings is 1. The highest BCUT2D eigenvalue weighted by Crippen LogP contribution is 2.78. The number of hydrogen-bond acceptors (Lipinski definition) is 5. The Labute approximate surface area is 216 Å². The molecule has 1 amide bonds. The first-order valence-electron chi connectivity index (χ1n) is 12.3. The van der Waals surface area contributed by atoms with Crippen LogP contribution in [0.4, 0.5) is 32.0 Å². The number of aromatic nitrogens is 3. The van der Waals surface area contributed by atoms with E-state index in [0.717, 1.165) is 12.1 Å². The molecule has 8 nitrogen and oxygen atoms in total. The Hall–Kier alpha value is -3.71. The van der Waals surface area contributed by atoms with Gasteiger partial charge in [0, 0.05) is 37.1 Å². The molecule has 3 heterocycles. The van der Waals surface area contributed by atoms with Crippen LogP contribution in [0.3, 0.4) is 0 Å². The molecule has 1 aliphatic heterocycles. The third-order valence-corrected chi connectivity index (χ3v) is 8.42. The standard InChI is InChI=1S/C25H23F6N5O3/c26-24(27,28)23-10-22(11-23,12-23)13-7-18-19(33-9-13)34-21(38)36(18)14-3-5-35(6-4-14)20(37)16-2-1-15(8-17(16)32)39-25(29,30)31/h1-2,7-9,14H,3-6,10-12,32H2,(H,33,34,38). The number of halogens is 6. The summed E-state index contributed by atoms with van der Waals surface area (Å²) in [7, 11) is 0. The first kappa shape index (κ1) is 25.6. The number of likely N-dealkylation sites (tertiary alicyclic amines) is 1. The van der Waals surface area contributed by atoms with E-state index in [9.17, 15) is 35.9 Å². The summed E-state index contributed by atoms with van der Waals surface area (Å²) in [6.45, 7) is 0.516. The molecule has 14 heteroatoms. The van der Waals surface area contributed by atoms with Crippen LogP contribution in [-0.4, -0.2) is 51.0 Å². The van der Waals surface area contributed by atoms with E-state index in [4.69, 9.17) is 5.73 Å². The zero-order valence-electron chi connectivity index (χ0n) is 20.3. The van der Waals surface area contributed by atoms with E-state index in [1.807, 2.05) is 0 Å². The smallest absolute Gasteiger partial charge is 0.406 e. The number of imidazole rings is 1. The van der Waals surface area contributed by atoms with Gasteiger partial charge in [0.25, 0.3) is 5.91 Å². The molecule has 0 atom stereocenters. The van der Waals surface area contributed by atoms with Gasteiger partial charge in [-0.1, -0.05) is 0 Å². The number of hydrogen-bond donors (Lipinski definition) is 2. The Bertz CT molecular complexity index is 1510. The van der Waals surface area contributed by atoms with Gasteiger partial charge in [0.2, 0.25) is 0 Å². The summed E-state index contributed by atoms with van der Waals surface area (Å²) in [5.41, 5.74) is 4.68. The fourth-order valence-corrected chi connectivity index (χ4v) is 6.48. The van der Waals surface area contributed by atoms with Gasteiger partial charge in [-0.3, -0.25) is 14.3 Å². The van der Waals surface area contributed by atoms with E-state index in [-0.39, 0.29) is 49.6 Å². The van der Waals surface area contributed by atoms with Gasteiger partial charge in [-0.15, -0.1) is 13.2 Å². The molecule has 3 N–H and O–H groups in total. The number of amides is 1. The Morgan fingerprint density at radius 1 is 1.08 bits per heavy atom. The number of ether oxygens (including phenoxy) is 1. The maximum Gasteiger partial charge on any atom is 0.573 e. The molecule has 3 saturated carbocycles. The minimum atomic E-state index is -4.89. The van der Waals surface area contributed by atoms with Crippen molar-refractivity contribution in [1.29, 1.82) is 0 Å². The molecular formula is C25H23F6N5O3. The second-order valence-electron chi connectivity index (χ2n) is 10.8. The molecule has 3 aromatic rings. The van der Waals surface area contributed by atoms with E-state index >= 15 is 0 Å². The molecule has 3 aliphatic carbocycles. The molecule has 4 aliphatic rings. The topological polar surface area (TPSA) is 106 Å². The normalized spacial score (nSPS) is 25.3. The SMILES string of the molecule is Nc1cc(OC(F)(F)F)ccc1C(=O)N1CCC(n2c(=O)[nH]c3ncc(C45CC(C(F)(F)F)(C4)C5)cc32)CC1. The molecule has 2 aromatic heterocycles. The predicted octanol–water partition coefficient (Wildman–Crippen LogP) is 4.67. The van der Waals surface area contributed by atoms with Crippen molar-refractivity contribution in [3.63, 3.8) is 0 Å². The van der Waals surface area contributed by atoms with Crippen LogP contribution in [-0.2, 0) is 5.41 Å². The number of anilines is 1. The molecule has 0 unspecified atom stereocenters. The monoisotopic (exact) mass is 555 g/mol. The van der Waals surface area contributed by atoms with Crippen LogP contribution in [0, 0.1) is 5.41 Å². The molecule has 0 radical (unpaired) electrons. The van der Waals surface area contributed by atoms with Crippen LogP contribution in [0.15, 0.2) is 35.3 Å². The van der Waals surface area contributed by atoms with Crippen molar-refractivity contribution >= 4 is 22.8 Å². The van der Waals surface area contributed by atoms with Crippen molar-refractivity contribution < 1.29 is 35.9 Å². The lowest BCUT2D eigenvalue weighted by Crippen LogP contribution is -2.70. The highest BCUT2D eigenvalue weighted by Gasteiger charge is 2.78. The number of carbonyl (C=O) groups excluding carboxylic acids is 1. The number of H-pyrrole nitrogens is 1. The van der Waals surface area contributed by atoms with Crippen molar-refractivity contribution in [2.45, 2.75) is 56.1 Å². The Morgan fingerprint density at radius 3 is 2.33 bits per heavy atom. The first-order valence-corrected chi connectivity index (χ1v) is 12.3. The van der Waals surface area contributed by atoms with E-state index in [1.54, 1.807) is 16.8 Å². The highest BCUT2D eigenvalue weighted by molar-refractivity contribution is 5.99. The molecule has 208 valence electrons. The number of alkyl halides is 6. The van der Waals surface area contributed by atoms with Crippen molar-refractivity contribution in [2.75, 3.05) is 18.8 Å². The van der Waals surface area contributed by atoms with Gasteiger partial charge in [0.15, 0.2) is 5.65 Å². The van der Waals surface area contributed by atoms with Gasteiger partial charge in [0.05, 0.1) is 16.5 Å². The number of nitrogen functional groups attached to an aromatic ring is 1. The highest BCUT2D eigenvalue weighted by atomic mass is 19.4. The van der Waals surface area contributed by atoms with E-state index in [2.05, 4.69) is 14.7 Å². The third-order valence-electron chi connectivity index (χ3n) is 8.42. The average Bonchev–Trinajstić information content (AvgIpc) is 3.10. The quantitative estimate of drug-likeness (QED) is 0.360. The number of fused-ring (bicyclic) bond motifs is 1. The van der Waals surface area contributed by atoms with Gasteiger partial charge >= 0.3 is 18.2 Å². The van der Waals surface area contributed by atoms with Crippen molar-refractivity contribution in [3.8, 4) is 5.75 Å². The van der Waals surface area contributed by atoms with Gasteiger partial charge in [-0.05, 0) is 61.3 Å². The van der Waals surface area contributed by atoms with Crippen LogP contribution in [0.2, 0.25) is 0 Å². The minimum Gasteiger partial charge on any atom is -0.406 e. The predicted molar refractivity (Wildman–Crippen MR) is 126 cm³/mol. The average molecular weight is 555 g/mol. The molecule has 1 aromatic carbocycles. The summed E-state index contributed by atoms with van der Waals surface area (Å²) in [5.74, 6) is -0.990. The van der Waals surface area contributed by atoms with Gasteiger partial charge in [0.1, 0.15) is 5.75 Å². The summed E-state index contributed by atoms with van der Waals surface area (Å²) >= 11 is 0. The van der Waals surface area contributed by atoms with Gasteiger partial charge in [-0.2, -0.15) is 13.2 Å². The van der Waals surface area contributed by atoms with Crippen molar-refractivity contribution in [2.24, 2.45) is 5.41 Å². The molecule has 0 spiro atoms. The number of aromatic amines is 1. The second-order valence-corrected chi connectivity index (χ2v) is 10.8. The fraction of sp³-hybridized carbons (Fsp3) is 0.480. The second kappa shape index (κ2) is 8.15. The molecule has 39 heavy (non-hydrogen) atoms. The van der Waals surface area contributed by atoms with Crippen LogP contribution in [0.25, 0.3) is 11.2 Å². The summed E-state index contributed by atoms with van der Waals surface area (Å²) in [6.07, 6.45) is -6.69. The van der Waals surface area contributed by atoms with Gasteiger partial charge < -0.3 is 15.4 Å². The summed E-state index contributed by atoms with van der Waals surface area (Å²) < 4.78 is 82.7. The van der Waals surface area contributed by atoms with Crippen LogP contribution in [0.1, 0.15) is 54.1 Å². The third kappa shape index (κ3) is 4.02. The number of rotatable bonds is 4. The zero-order chi connectivity index (χ0) is 28.0. The maximum absolute atomic E-state index is 13.3. The number of pyridine rings is 1. The number of nitrogens with one attached hydrogen (secondary N) is 1. The summed E-state index contributed by atoms with van der Waals surface area (Å²) in [6, 6.07) is 4.59. The number of benzene rings is 1. The van der Waals surface area contributed by atoms with Crippen LogP contribution >= 0.6 is 0 Å². The Kier molecular flexibility index (Phi) is 5.34. The van der Waals surface area contributed by atoms with E-state index < -0.39 is 40.7 Å². The molecular weight excluding hydrogens is 532 g/mol. The fourth-order valence-electron chi connectivity index (χ4n) is 6.48. The lowest BCUT2D eigenvalue weighted by Gasteiger charge is -2.70. The Morgan fingerprint density at radius 2 is 1.74 bits per heavy atom. The molecule has 2 bridgehead atoms. The molecule has 1 saturated heterocycles. The molecule has 7 rings (SSSR count). The number of nitrogens with two attached hydrogens (primary N) is 1. The summed E-state index contributed by atoms with van der Waals surface area (Å²) in [4.78, 5) is 34.3. The van der Waals surface area contributed by atoms with Crippen LogP contribution < -0.4 is 16.2 Å². The zero-order valence-corrected chi connectivity index (χ0v) is 20.3. The number of nitrogens with zero attached hydrogens (tertiary/aromatic N) is 3. The minimum absolute atomic E-state index is 0.0261.